The molecule has 2 saturated carbocycles. The maximum atomic E-state index is 12.1. The van der Waals surface area contributed by atoms with Gasteiger partial charge >= 0.3 is 11.9 Å². The predicted octanol–water partition coefficient (Wildman–Crippen LogP) is 3.75. The van der Waals surface area contributed by atoms with E-state index < -0.39 is 28.9 Å². The minimum Gasteiger partial charge on any atom is -0.480 e. The number of benzene rings is 2. The fourth-order valence-electron chi connectivity index (χ4n) is 5.60. The first-order chi connectivity index (χ1) is 22.6. The van der Waals surface area contributed by atoms with Gasteiger partial charge in [0.2, 0.25) is 11.8 Å². The van der Waals surface area contributed by atoms with Gasteiger partial charge in [-0.05, 0) is 49.9 Å². The summed E-state index contributed by atoms with van der Waals surface area (Å²) in [6.07, 6.45) is 7.32. The van der Waals surface area contributed by atoms with Crippen molar-refractivity contribution in [3.63, 3.8) is 0 Å². The van der Waals surface area contributed by atoms with Gasteiger partial charge in [0.15, 0.2) is 0 Å². The maximum absolute atomic E-state index is 12.1. The van der Waals surface area contributed by atoms with Crippen molar-refractivity contribution in [1.29, 1.82) is 0 Å². The van der Waals surface area contributed by atoms with Crippen molar-refractivity contribution < 1.29 is 38.6 Å². The average Bonchev–Trinajstić information content (AvgIpc) is 3.11. The lowest BCUT2D eigenvalue weighted by Gasteiger charge is -2.35. The van der Waals surface area contributed by atoms with E-state index in [9.17, 15) is 33.9 Å². The van der Waals surface area contributed by atoms with E-state index in [2.05, 4.69) is 21.3 Å². The molecule has 0 aromatic heterocycles. The molecule has 2 aromatic rings. The summed E-state index contributed by atoms with van der Waals surface area (Å²) in [5.41, 5.74) is -1.20. The first kappa shape index (κ1) is 38.4. The Balaban J connectivity index is 0.000000311. The number of aliphatic carboxylic acids is 1. The van der Waals surface area contributed by atoms with Crippen molar-refractivity contribution in [1.82, 2.24) is 21.3 Å². The minimum absolute atomic E-state index is 0.174. The van der Waals surface area contributed by atoms with Crippen LogP contribution in [-0.2, 0) is 23.9 Å². The summed E-state index contributed by atoms with van der Waals surface area (Å²) >= 11 is 0. The van der Waals surface area contributed by atoms with E-state index in [4.69, 9.17) is 4.74 Å². The largest absolute Gasteiger partial charge is 0.480 e. The molecule has 0 unspecified atom stereocenters. The first-order valence-corrected chi connectivity index (χ1v) is 16.2. The van der Waals surface area contributed by atoms with Crippen LogP contribution in [0.3, 0.4) is 0 Å². The van der Waals surface area contributed by atoms with Gasteiger partial charge in [0.25, 0.3) is 11.8 Å². The molecule has 4 rings (SSSR count). The van der Waals surface area contributed by atoms with E-state index in [0.717, 1.165) is 38.5 Å². The van der Waals surface area contributed by atoms with Gasteiger partial charge in [-0.1, -0.05) is 88.8 Å². The van der Waals surface area contributed by atoms with Crippen LogP contribution in [0.1, 0.15) is 98.8 Å². The van der Waals surface area contributed by atoms with E-state index in [-0.39, 0.29) is 30.8 Å². The molecular weight excluding hydrogens is 604 g/mol. The van der Waals surface area contributed by atoms with Gasteiger partial charge in [0, 0.05) is 11.1 Å². The number of carbonyl (C=O) groups is 6. The van der Waals surface area contributed by atoms with Gasteiger partial charge in [-0.15, -0.1) is 0 Å². The van der Waals surface area contributed by atoms with E-state index in [1.165, 1.54) is 7.11 Å². The Morgan fingerprint density at radius 2 is 0.979 bits per heavy atom. The van der Waals surface area contributed by atoms with Crippen molar-refractivity contribution in [2.45, 2.75) is 89.1 Å². The van der Waals surface area contributed by atoms with Gasteiger partial charge in [0.05, 0.1) is 20.2 Å². The fraction of sp³-hybridized carbons (Fsp3) is 0.486. The van der Waals surface area contributed by atoms with Gasteiger partial charge in [-0.2, -0.15) is 0 Å². The highest BCUT2D eigenvalue weighted by molar-refractivity contribution is 5.98. The summed E-state index contributed by atoms with van der Waals surface area (Å²) in [6.45, 7) is 3.59. The van der Waals surface area contributed by atoms with E-state index >= 15 is 0 Å². The Bertz CT molecular complexity index is 1320. The van der Waals surface area contributed by atoms with Crippen molar-refractivity contribution in [3.8, 4) is 0 Å². The van der Waals surface area contributed by atoms with E-state index in [1.54, 1.807) is 54.6 Å². The van der Waals surface area contributed by atoms with Crippen LogP contribution in [0, 0.1) is 0 Å². The van der Waals surface area contributed by atoms with E-state index in [1.807, 2.05) is 19.9 Å². The molecule has 2 fully saturated rings. The molecule has 0 atom stereocenters. The Hall–Kier alpha value is -4.74. The van der Waals surface area contributed by atoms with Crippen LogP contribution in [0.4, 0.5) is 0 Å². The highest BCUT2D eigenvalue weighted by Gasteiger charge is 2.42. The zero-order valence-corrected chi connectivity index (χ0v) is 27.6. The molecule has 0 aliphatic heterocycles. The number of esters is 1. The van der Waals surface area contributed by atoms with E-state index in [0.29, 0.717) is 36.8 Å². The molecule has 0 heterocycles. The molecule has 0 spiro atoms. The second-order valence-corrected chi connectivity index (χ2v) is 11.3. The fourth-order valence-corrected chi connectivity index (χ4v) is 5.60. The Morgan fingerprint density at radius 1 is 0.617 bits per heavy atom. The minimum atomic E-state index is -1.19. The SMILES string of the molecule is CC.COC(=O)C1(NC(=O)CNC(=O)c2ccccc2)CCCCC1.O=C(CNC(=O)c1ccccc1)NC1(C(=O)O)CCCCC1. The summed E-state index contributed by atoms with van der Waals surface area (Å²) in [7, 11) is 1.32. The Morgan fingerprint density at radius 3 is 1.34 bits per heavy atom. The summed E-state index contributed by atoms with van der Waals surface area (Å²) in [6, 6.07) is 17.2. The molecule has 4 amide bonds. The number of hydrogen-bond acceptors (Lipinski definition) is 7. The van der Waals surface area contributed by atoms with Crippen molar-refractivity contribution in [3.05, 3.63) is 71.8 Å². The third-order valence-electron chi connectivity index (χ3n) is 8.05. The zero-order chi connectivity index (χ0) is 34.7. The average molecular weight is 653 g/mol. The summed E-state index contributed by atoms with van der Waals surface area (Å²) in [4.78, 5) is 71.4. The molecule has 0 bridgehead atoms. The number of rotatable bonds is 10. The number of carboxylic acid groups (broad SMARTS) is 1. The Kier molecular flexibility index (Phi) is 16.1. The molecule has 47 heavy (non-hydrogen) atoms. The monoisotopic (exact) mass is 652 g/mol. The highest BCUT2D eigenvalue weighted by atomic mass is 16.5. The van der Waals surface area contributed by atoms with Gasteiger partial charge < -0.3 is 31.1 Å². The van der Waals surface area contributed by atoms with Gasteiger partial charge in [-0.25, -0.2) is 9.59 Å². The van der Waals surface area contributed by atoms with Gasteiger partial charge in [0.1, 0.15) is 11.1 Å². The predicted molar refractivity (Wildman–Crippen MR) is 176 cm³/mol. The molecule has 0 radical (unpaired) electrons. The zero-order valence-electron chi connectivity index (χ0n) is 27.6. The number of ether oxygens (including phenoxy) is 1. The van der Waals surface area contributed by atoms with Crippen LogP contribution in [-0.4, -0.2) is 72.0 Å². The molecule has 2 aliphatic rings. The summed E-state index contributed by atoms with van der Waals surface area (Å²) in [5.74, 6) is -2.97. The number of carbonyl (C=O) groups excluding carboxylic acids is 5. The molecular formula is C35H48N4O8. The standard InChI is InChI=1S/C17H22N2O4.C16H20N2O4.C2H6/c1-23-16(22)17(10-6-3-7-11-17)19-14(20)12-18-15(21)13-8-4-2-5-9-13;19-13(11-17-14(20)12-7-3-1-4-8-12)18-16(15(21)22)9-5-2-6-10-16;1-2/h2,4-5,8-9H,3,6-7,10-12H2,1H3,(H,18,21)(H,19,20);1,3-4,7-8H,2,5-6,9-11H2,(H,17,20)(H,18,19)(H,21,22);1-2H3. The lowest BCUT2D eigenvalue weighted by molar-refractivity contribution is -0.152. The number of methoxy groups -OCH3 is 1. The van der Waals surface area contributed by atoms with Crippen LogP contribution < -0.4 is 21.3 Å². The van der Waals surface area contributed by atoms with Crippen molar-refractivity contribution >= 4 is 35.6 Å². The molecule has 12 heteroatoms. The van der Waals surface area contributed by atoms with Crippen molar-refractivity contribution in [2.24, 2.45) is 0 Å². The molecule has 5 N–H and O–H groups in total. The quantitative estimate of drug-likeness (QED) is 0.241. The third-order valence-corrected chi connectivity index (χ3v) is 8.05. The number of hydrogen-bond donors (Lipinski definition) is 5. The molecule has 256 valence electrons. The molecule has 2 aromatic carbocycles. The second kappa shape index (κ2) is 19.7. The van der Waals surface area contributed by atoms with Crippen molar-refractivity contribution in [2.75, 3.05) is 20.2 Å². The molecule has 2 aliphatic carbocycles. The summed E-state index contributed by atoms with van der Waals surface area (Å²) in [5, 5.41) is 19.8. The van der Waals surface area contributed by atoms with Crippen LogP contribution in [0.2, 0.25) is 0 Å². The van der Waals surface area contributed by atoms with Gasteiger partial charge in [-0.3, -0.25) is 19.2 Å². The molecule has 12 nitrogen and oxygen atoms in total. The van der Waals surface area contributed by atoms with Crippen LogP contribution >= 0.6 is 0 Å². The number of amides is 4. The molecule has 0 saturated heterocycles. The normalized spacial score (nSPS) is 15.8. The Labute approximate surface area is 276 Å². The highest BCUT2D eigenvalue weighted by Crippen LogP contribution is 2.30. The summed E-state index contributed by atoms with van der Waals surface area (Å²) < 4.78 is 4.85. The van der Waals surface area contributed by atoms with Crippen LogP contribution in [0.5, 0.6) is 0 Å². The smallest absolute Gasteiger partial charge is 0.331 e. The van der Waals surface area contributed by atoms with Crippen LogP contribution in [0.25, 0.3) is 0 Å². The first-order valence-electron chi connectivity index (χ1n) is 16.2. The number of carboxylic acids is 1. The lowest BCUT2D eigenvalue weighted by atomic mass is 9.81. The lowest BCUT2D eigenvalue weighted by Crippen LogP contribution is -2.57. The van der Waals surface area contributed by atoms with Crippen LogP contribution in [0.15, 0.2) is 60.7 Å². The topological polar surface area (TPSA) is 180 Å². The number of nitrogens with one attached hydrogen (secondary N) is 4. The maximum Gasteiger partial charge on any atom is 0.331 e. The third kappa shape index (κ3) is 11.8. The second-order valence-electron chi connectivity index (χ2n) is 11.3.